The summed E-state index contributed by atoms with van der Waals surface area (Å²) < 4.78 is 16.1. The summed E-state index contributed by atoms with van der Waals surface area (Å²) >= 11 is 0. The van der Waals surface area contributed by atoms with Crippen molar-refractivity contribution in [2.24, 2.45) is 0 Å². The van der Waals surface area contributed by atoms with Gasteiger partial charge in [0, 0.05) is 17.7 Å². The molecule has 0 radical (unpaired) electrons. The molecule has 0 saturated carbocycles. The molecular weight excluding hydrogens is 442 g/mol. The van der Waals surface area contributed by atoms with Crippen LogP contribution < -0.4 is 24.5 Å². The number of methoxy groups -OCH3 is 1. The van der Waals surface area contributed by atoms with E-state index in [0.717, 1.165) is 9.91 Å². The number of hydrazine groups is 1. The van der Waals surface area contributed by atoms with Crippen LogP contribution in [0.25, 0.3) is 0 Å². The first-order valence-electron chi connectivity index (χ1n) is 10.6. The van der Waals surface area contributed by atoms with Gasteiger partial charge in [-0.3, -0.25) is 24.6 Å². The Morgan fingerprint density at radius 1 is 1.09 bits per heavy atom. The second-order valence-electron chi connectivity index (χ2n) is 7.49. The number of carbonyl (C=O) groups excluding carboxylic acids is 4. The molecule has 1 fully saturated rings. The molecule has 10 nitrogen and oxygen atoms in total. The van der Waals surface area contributed by atoms with Gasteiger partial charge in [-0.1, -0.05) is 6.08 Å². The molecule has 0 aromatic heterocycles. The molecule has 1 saturated heterocycles. The first-order valence-corrected chi connectivity index (χ1v) is 10.6. The van der Waals surface area contributed by atoms with Crippen molar-refractivity contribution in [1.29, 1.82) is 0 Å². The summed E-state index contributed by atoms with van der Waals surface area (Å²) in [5.41, 5.74) is 3.02. The first-order chi connectivity index (χ1) is 16.4. The number of benzene rings is 2. The lowest BCUT2D eigenvalue weighted by Gasteiger charge is -2.27. The van der Waals surface area contributed by atoms with Gasteiger partial charge in [-0.2, -0.15) is 0 Å². The molecule has 2 heterocycles. The second-order valence-corrected chi connectivity index (χ2v) is 7.49. The fraction of sp³-hybridized carbons (Fsp3) is 0.250. The highest BCUT2D eigenvalue weighted by Gasteiger charge is 2.45. The van der Waals surface area contributed by atoms with E-state index in [1.165, 1.54) is 31.4 Å². The molecule has 1 atom stereocenters. The van der Waals surface area contributed by atoms with Gasteiger partial charge in [0.25, 0.3) is 17.7 Å². The van der Waals surface area contributed by atoms with Gasteiger partial charge in [0.2, 0.25) is 5.91 Å². The number of allylic oxidation sites excluding steroid dienone is 1. The van der Waals surface area contributed by atoms with Gasteiger partial charge in [-0.25, -0.2) is 9.91 Å². The zero-order valence-corrected chi connectivity index (χ0v) is 18.6. The first kappa shape index (κ1) is 22.8. The van der Waals surface area contributed by atoms with Crippen molar-refractivity contribution >= 4 is 29.3 Å². The maximum atomic E-state index is 13.3. The SMILES string of the molecule is CC=CC(=O)N(NC(=O)c1ccc(OC)cc1)C1CC(=O)N(c2ccc3c(c2)OCCO3)C1=O. The zero-order chi connectivity index (χ0) is 24.2. The van der Waals surface area contributed by atoms with Crippen molar-refractivity contribution in [2.45, 2.75) is 19.4 Å². The molecule has 2 aromatic carbocycles. The molecule has 0 aliphatic carbocycles. The molecule has 2 aliphatic rings. The van der Waals surface area contributed by atoms with E-state index in [4.69, 9.17) is 14.2 Å². The van der Waals surface area contributed by atoms with Crippen LogP contribution in [0.3, 0.4) is 0 Å². The predicted molar refractivity (Wildman–Crippen MR) is 120 cm³/mol. The number of amides is 4. The number of rotatable bonds is 5. The van der Waals surface area contributed by atoms with E-state index in [2.05, 4.69) is 5.43 Å². The van der Waals surface area contributed by atoms with Gasteiger partial charge < -0.3 is 14.2 Å². The van der Waals surface area contributed by atoms with Crippen molar-refractivity contribution < 1.29 is 33.4 Å². The smallest absolute Gasteiger partial charge is 0.269 e. The van der Waals surface area contributed by atoms with Crippen molar-refractivity contribution in [3.8, 4) is 17.2 Å². The summed E-state index contributed by atoms with van der Waals surface area (Å²) in [6.07, 6.45) is 2.40. The molecule has 10 heteroatoms. The zero-order valence-electron chi connectivity index (χ0n) is 18.6. The fourth-order valence-electron chi connectivity index (χ4n) is 3.69. The minimum atomic E-state index is -1.22. The minimum Gasteiger partial charge on any atom is -0.497 e. The van der Waals surface area contributed by atoms with E-state index >= 15 is 0 Å². The van der Waals surface area contributed by atoms with E-state index in [1.807, 2.05) is 0 Å². The van der Waals surface area contributed by atoms with E-state index in [9.17, 15) is 19.2 Å². The third-order valence-electron chi connectivity index (χ3n) is 5.34. The Labute approximate surface area is 195 Å². The Kier molecular flexibility index (Phi) is 6.48. The molecule has 0 bridgehead atoms. The minimum absolute atomic E-state index is 0.250. The van der Waals surface area contributed by atoms with Crippen LogP contribution in [-0.2, 0) is 14.4 Å². The molecule has 34 heavy (non-hydrogen) atoms. The Morgan fingerprint density at radius 3 is 2.47 bits per heavy atom. The standard InChI is InChI=1S/C24H23N3O7/c1-3-4-21(28)27(25-23(30)15-5-8-17(32-2)9-6-15)18-14-22(29)26(24(18)31)16-7-10-19-20(13-16)34-12-11-33-19/h3-10,13,18H,11-12,14H2,1-2H3,(H,25,30). The Morgan fingerprint density at radius 2 is 1.79 bits per heavy atom. The maximum Gasteiger partial charge on any atom is 0.269 e. The average molecular weight is 465 g/mol. The van der Waals surface area contributed by atoms with Crippen LogP contribution in [0.5, 0.6) is 17.2 Å². The van der Waals surface area contributed by atoms with Crippen LogP contribution in [0, 0.1) is 0 Å². The van der Waals surface area contributed by atoms with E-state index in [1.54, 1.807) is 37.3 Å². The number of ether oxygens (including phenoxy) is 3. The largest absolute Gasteiger partial charge is 0.497 e. The van der Waals surface area contributed by atoms with Crippen molar-refractivity contribution in [1.82, 2.24) is 10.4 Å². The van der Waals surface area contributed by atoms with Crippen LogP contribution in [-0.4, -0.2) is 55.0 Å². The quantitative estimate of drug-likeness (QED) is 0.407. The third kappa shape index (κ3) is 4.42. The summed E-state index contributed by atoms with van der Waals surface area (Å²) in [7, 11) is 1.50. The number of imide groups is 1. The summed E-state index contributed by atoms with van der Waals surface area (Å²) in [5.74, 6) is -0.911. The van der Waals surface area contributed by atoms with E-state index in [-0.39, 0.29) is 12.0 Å². The normalized spacial score (nSPS) is 17.1. The summed E-state index contributed by atoms with van der Waals surface area (Å²) in [5, 5.41) is 0.894. The molecular formula is C24H23N3O7. The summed E-state index contributed by atoms with van der Waals surface area (Å²) in [6, 6.07) is 9.76. The van der Waals surface area contributed by atoms with Crippen LogP contribution in [0.4, 0.5) is 5.69 Å². The van der Waals surface area contributed by atoms with Crippen molar-refractivity contribution in [3.05, 3.63) is 60.2 Å². The molecule has 2 aromatic rings. The molecule has 2 aliphatic heterocycles. The Hall–Kier alpha value is -4.34. The van der Waals surface area contributed by atoms with Crippen LogP contribution in [0.1, 0.15) is 23.7 Å². The molecule has 4 rings (SSSR count). The number of hydrogen-bond donors (Lipinski definition) is 1. The van der Waals surface area contributed by atoms with Crippen molar-refractivity contribution in [2.75, 3.05) is 25.2 Å². The fourth-order valence-corrected chi connectivity index (χ4v) is 3.69. The molecule has 1 N–H and O–H groups in total. The van der Waals surface area contributed by atoms with Crippen LogP contribution in [0.15, 0.2) is 54.6 Å². The number of hydrogen-bond acceptors (Lipinski definition) is 7. The number of nitrogens with one attached hydrogen (secondary N) is 1. The van der Waals surface area contributed by atoms with Gasteiger partial charge in [-0.05, 0) is 43.3 Å². The van der Waals surface area contributed by atoms with Gasteiger partial charge >= 0.3 is 0 Å². The molecule has 1 unspecified atom stereocenters. The predicted octanol–water partition coefficient (Wildman–Crippen LogP) is 1.85. The lowest BCUT2D eigenvalue weighted by Crippen LogP contribution is -2.54. The highest BCUT2D eigenvalue weighted by Crippen LogP contribution is 2.36. The number of fused-ring (bicyclic) bond motifs is 1. The number of carbonyl (C=O) groups is 4. The molecule has 176 valence electrons. The molecule has 4 amide bonds. The second kappa shape index (κ2) is 9.65. The Bertz CT molecular complexity index is 1160. The van der Waals surface area contributed by atoms with Gasteiger partial charge in [0.1, 0.15) is 25.0 Å². The Balaban J connectivity index is 1.59. The summed E-state index contributed by atoms with van der Waals surface area (Å²) in [6.45, 7) is 2.39. The lowest BCUT2D eigenvalue weighted by molar-refractivity contribution is -0.137. The summed E-state index contributed by atoms with van der Waals surface area (Å²) in [4.78, 5) is 52.7. The number of anilines is 1. The molecule has 0 spiro atoms. The highest BCUT2D eigenvalue weighted by molar-refractivity contribution is 6.23. The van der Waals surface area contributed by atoms with Crippen molar-refractivity contribution in [3.63, 3.8) is 0 Å². The van der Waals surface area contributed by atoms with E-state index < -0.39 is 29.7 Å². The van der Waals surface area contributed by atoms with Crippen LogP contribution in [0.2, 0.25) is 0 Å². The third-order valence-corrected chi connectivity index (χ3v) is 5.34. The highest BCUT2D eigenvalue weighted by atomic mass is 16.6. The van der Waals surface area contributed by atoms with Gasteiger partial charge in [0.15, 0.2) is 11.5 Å². The number of nitrogens with zero attached hydrogens (tertiary/aromatic N) is 2. The average Bonchev–Trinajstić information content (AvgIpc) is 3.15. The van der Waals surface area contributed by atoms with Gasteiger partial charge in [-0.15, -0.1) is 0 Å². The topological polar surface area (TPSA) is 114 Å². The maximum absolute atomic E-state index is 13.3. The monoisotopic (exact) mass is 465 g/mol. The lowest BCUT2D eigenvalue weighted by atomic mass is 10.2. The van der Waals surface area contributed by atoms with Crippen LogP contribution >= 0.6 is 0 Å². The van der Waals surface area contributed by atoms with Gasteiger partial charge in [0.05, 0.1) is 19.2 Å². The van der Waals surface area contributed by atoms with E-state index in [0.29, 0.717) is 36.1 Å².